The molecule has 5 heteroatoms. The van der Waals surface area contributed by atoms with Crippen molar-refractivity contribution >= 4 is 0 Å². The van der Waals surface area contributed by atoms with E-state index in [-0.39, 0.29) is 0 Å². The molecule has 0 saturated heterocycles. The number of rotatable bonds is 3. The summed E-state index contributed by atoms with van der Waals surface area (Å²) in [4.78, 5) is 15.5. The van der Waals surface area contributed by atoms with Crippen molar-refractivity contribution in [2.24, 2.45) is 0 Å². The van der Waals surface area contributed by atoms with E-state index < -0.39 is 0 Å². The van der Waals surface area contributed by atoms with Crippen LogP contribution in [-0.2, 0) is 6.54 Å². The average molecular weight is 225 g/mol. The molecule has 17 heavy (non-hydrogen) atoms. The molecular formula is C12H11N5. The van der Waals surface area contributed by atoms with Crippen molar-refractivity contribution in [3.63, 3.8) is 0 Å². The van der Waals surface area contributed by atoms with Gasteiger partial charge in [0.05, 0.1) is 19.1 Å². The molecule has 0 saturated carbocycles. The molecule has 0 aliphatic rings. The predicted molar refractivity (Wildman–Crippen MR) is 63.1 cm³/mol. The monoisotopic (exact) mass is 225 g/mol. The van der Waals surface area contributed by atoms with Crippen LogP contribution in [0.25, 0.3) is 11.5 Å². The maximum Gasteiger partial charge on any atom is 0.158 e. The number of H-pyrrole nitrogens is 1. The molecular weight excluding hydrogens is 214 g/mol. The normalized spacial score (nSPS) is 10.6. The summed E-state index contributed by atoms with van der Waals surface area (Å²) >= 11 is 0. The van der Waals surface area contributed by atoms with Crippen LogP contribution in [0.4, 0.5) is 0 Å². The summed E-state index contributed by atoms with van der Waals surface area (Å²) in [5.74, 6) is 0.881. The lowest BCUT2D eigenvalue weighted by Crippen LogP contribution is -2.01. The Labute approximate surface area is 98.2 Å². The topological polar surface area (TPSA) is 59.4 Å². The van der Waals surface area contributed by atoms with E-state index in [4.69, 9.17) is 0 Å². The second kappa shape index (κ2) is 4.21. The van der Waals surface area contributed by atoms with Crippen LogP contribution in [0, 0.1) is 0 Å². The van der Waals surface area contributed by atoms with Crippen LogP contribution in [0.15, 0.2) is 49.4 Å². The maximum atomic E-state index is 4.33. The Balaban J connectivity index is 1.92. The third-order valence-corrected chi connectivity index (χ3v) is 2.53. The lowest BCUT2D eigenvalue weighted by Gasteiger charge is -2.05. The lowest BCUT2D eigenvalue weighted by atomic mass is 10.3. The molecule has 0 aliphatic heterocycles. The highest BCUT2D eigenvalue weighted by molar-refractivity contribution is 5.48. The molecule has 3 heterocycles. The molecule has 3 aromatic rings. The van der Waals surface area contributed by atoms with Gasteiger partial charge in [-0.2, -0.15) is 0 Å². The molecule has 84 valence electrons. The third-order valence-electron chi connectivity index (χ3n) is 2.53. The van der Waals surface area contributed by atoms with E-state index in [0.717, 1.165) is 23.6 Å². The summed E-state index contributed by atoms with van der Waals surface area (Å²) in [6.45, 7) is 0.752. The molecule has 0 unspecified atom stereocenters. The van der Waals surface area contributed by atoms with Crippen LogP contribution in [0.3, 0.4) is 0 Å². The molecule has 0 fully saturated rings. The zero-order valence-electron chi connectivity index (χ0n) is 9.11. The maximum absolute atomic E-state index is 4.33. The fraction of sp³-hybridized carbons (Fsp3) is 0.0833. The number of hydrogen-bond acceptors (Lipinski definition) is 3. The smallest absolute Gasteiger partial charge is 0.158 e. The Bertz CT molecular complexity index is 582. The lowest BCUT2D eigenvalue weighted by molar-refractivity contribution is 0.800. The molecule has 0 amide bonds. The first kappa shape index (κ1) is 9.77. The highest BCUT2D eigenvalue weighted by Crippen LogP contribution is 2.14. The van der Waals surface area contributed by atoms with Crippen LogP contribution in [-0.4, -0.2) is 24.5 Å². The van der Waals surface area contributed by atoms with E-state index in [1.54, 1.807) is 24.9 Å². The van der Waals surface area contributed by atoms with E-state index in [9.17, 15) is 0 Å². The van der Waals surface area contributed by atoms with Gasteiger partial charge in [0.1, 0.15) is 5.69 Å². The molecule has 1 N–H and O–H groups in total. The minimum Gasteiger partial charge on any atom is -0.342 e. The molecule has 0 bridgehead atoms. The summed E-state index contributed by atoms with van der Waals surface area (Å²) in [7, 11) is 0. The molecule has 0 radical (unpaired) electrons. The zero-order valence-corrected chi connectivity index (χ0v) is 9.11. The van der Waals surface area contributed by atoms with Crippen molar-refractivity contribution in [1.82, 2.24) is 24.5 Å². The average Bonchev–Trinajstić information content (AvgIpc) is 3.00. The van der Waals surface area contributed by atoms with Crippen molar-refractivity contribution in [3.8, 4) is 11.5 Å². The molecule has 0 aliphatic carbocycles. The van der Waals surface area contributed by atoms with Gasteiger partial charge in [-0.25, -0.2) is 9.97 Å². The van der Waals surface area contributed by atoms with Crippen molar-refractivity contribution in [3.05, 3.63) is 55.0 Å². The Hall–Kier alpha value is -2.43. The van der Waals surface area contributed by atoms with Gasteiger partial charge in [0.2, 0.25) is 0 Å². The Morgan fingerprint density at radius 3 is 2.94 bits per heavy atom. The van der Waals surface area contributed by atoms with Crippen molar-refractivity contribution < 1.29 is 0 Å². The molecule has 5 nitrogen and oxygen atoms in total. The van der Waals surface area contributed by atoms with Gasteiger partial charge in [-0.3, -0.25) is 4.98 Å². The van der Waals surface area contributed by atoms with Gasteiger partial charge in [-0.1, -0.05) is 6.07 Å². The zero-order chi connectivity index (χ0) is 11.5. The van der Waals surface area contributed by atoms with Gasteiger partial charge >= 0.3 is 0 Å². The fourth-order valence-corrected chi connectivity index (χ4v) is 1.75. The first-order valence-electron chi connectivity index (χ1n) is 5.32. The molecule has 3 aromatic heterocycles. The highest BCUT2D eigenvalue weighted by atomic mass is 15.1. The van der Waals surface area contributed by atoms with Gasteiger partial charge in [0, 0.05) is 24.8 Å². The van der Waals surface area contributed by atoms with E-state index >= 15 is 0 Å². The number of hydrogen-bond donors (Lipinski definition) is 1. The van der Waals surface area contributed by atoms with Crippen LogP contribution in [0.5, 0.6) is 0 Å². The van der Waals surface area contributed by atoms with Crippen molar-refractivity contribution in [2.45, 2.75) is 6.54 Å². The van der Waals surface area contributed by atoms with Crippen LogP contribution >= 0.6 is 0 Å². The second-order valence-electron chi connectivity index (χ2n) is 3.71. The summed E-state index contributed by atoms with van der Waals surface area (Å²) < 4.78 is 2.06. The quantitative estimate of drug-likeness (QED) is 0.738. The molecule has 3 rings (SSSR count). The minimum absolute atomic E-state index is 0.752. The van der Waals surface area contributed by atoms with Crippen LogP contribution < -0.4 is 0 Å². The Morgan fingerprint density at radius 1 is 1.18 bits per heavy atom. The number of pyridine rings is 1. The standard InChI is InChI=1S/C12H11N5/c1-2-10(6-13-3-1)8-17-5-4-15-12(17)11-7-14-9-16-11/h1-7,9H,8H2,(H,14,16). The molecule has 0 spiro atoms. The minimum atomic E-state index is 0.752. The van der Waals surface area contributed by atoms with Gasteiger partial charge in [0.25, 0.3) is 0 Å². The SMILES string of the molecule is c1cncc(Cn2ccnc2-c2cnc[nH]2)c1. The number of aromatic nitrogens is 5. The van der Waals surface area contributed by atoms with Gasteiger partial charge in [-0.05, 0) is 11.6 Å². The summed E-state index contributed by atoms with van der Waals surface area (Å²) in [5, 5.41) is 0. The first-order chi connectivity index (χ1) is 8.43. The second-order valence-corrected chi connectivity index (χ2v) is 3.71. The number of aromatic amines is 1. The summed E-state index contributed by atoms with van der Waals surface area (Å²) in [5.41, 5.74) is 2.06. The summed E-state index contributed by atoms with van der Waals surface area (Å²) in [6.07, 6.45) is 10.8. The van der Waals surface area contributed by atoms with E-state index in [2.05, 4.69) is 24.5 Å². The van der Waals surface area contributed by atoms with Crippen LogP contribution in [0.2, 0.25) is 0 Å². The van der Waals surface area contributed by atoms with E-state index in [1.807, 2.05) is 24.5 Å². The van der Waals surface area contributed by atoms with Gasteiger partial charge in [-0.15, -0.1) is 0 Å². The predicted octanol–water partition coefficient (Wildman–Crippen LogP) is 1.72. The van der Waals surface area contributed by atoms with E-state index in [0.29, 0.717) is 0 Å². The van der Waals surface area contributed by atoms with Gasteiger partial charge < -0.3 is 9.55 Å². The fourth-order valence-electron chi connectivity index (χ4n) is 1.75. The van der Waals surface area contributed by atoms with E-state index in [1.165, 1.54) is 0 Å². The highest BCUT2D eigenvalue weighted by Gasteiger charge is 2.07. The Kier molecular flexibility index (Phi) is 2.42. The van der Waals surface area contributed by atoms with Crippen LogP contribution in [0.1, 0.15) is 5.56 Å². The largest absolute Gasteiger partial charge is 0.342 e. The third kappa shape index (κ3) is 1.94. The number of imidazole rings is 2. The van der Waals surface area contributed by atoms with Crippen molar-refractivity contribution in [1.29, 1.82) is 0 Å². The molecule has 0 atom stereocenters. The first-order valence-corrected chi connectivity index (χ1v) is 5.32. The molecule has 0 aromatic carbocycles. The number of nitrogens with zero attached hydrogens (tertiary/aromatic N) is 4. The number of nitrogens with one attached hydrogen (secondary N) is 1. The van der Waals surface area contributed by atoms with Crippen molar-refractivity contribution in [2.75, 3.05) is 0 Å². The Morgan fingerprint density at radius 2 is 2.18 bits per heavy atom. The summed E-state index contributed by atoms with van der Waals surface area (Å²) in [6, 6.07) is 3.98. The van der Waals surface area contributed by atoms with Gasteiger partial charge in [0.15, 0.2) is 5.82 Å².